The topological polar surface area (TPSA) is 67.2 Å². The quantitative estimate of drug-likeness (QED) is 0.580. The number of piperidine rings is 1. The lowest BCUT2D eigenvalue weighted by atomic mass is 9.99. The van der Waals surface area contributed by atoms with Crippen LogP contribution in [0.3, 0.4) is 0 Å². The molecule has 4 heterocycles. The van der Waals surface area contributed by atoms with Crippen LogP contribution in [0.2, 0.25) is 0 Å². The van der Waals surface area contributed by atoms with Crippen molar-refractivity contribution in [2.75, 3.05) is 24.5 Å². The van der Waals surface area contributed by atoms with Gasteiger partial charge in [0.25, 0.3) is 0 Å². The minimum Gasteiger partial charge on any atom is -0.356 e. The summed E-state index contributed by atoms with van der Waals surface area (Å²) in [6, 6.07) is 12.4. The predicted octanol–water partition coefficient (Wildman–Crippen LogP) is 3.73. The Morgan fingerprint density at radius 3 is 2.76 bits per heavy atom. The van der Waals surface area contributed by atoms with Gasteiger partial charge in [-0.3, -0.25) is 9.48 Å². The second-order valence-electron chi connectivity index (χ2n) is 9.10. The lowest BCUT2D eigenvalue weighted by Gasteiger charge is -2.36. The van der Waals surface area contributed by atoms with Gasteiger partial charge in [-0.2, -0.15) is 5.10 Å². The number of likely N-dealkylation sites (tertiary alicyclic amines) is 1. The molecule has 1 fully saturated rings. The second-order valence-corrected chi connectivity index (χ2v) is 9.10. The zero-order chi connectivity index (χ0) is 22.6. The summed E-state index contributed by atoms with van der Waals surface area (Å²) in [6.07, 6.45) is 9.71. The van der Waals surface area contributed by atoms with Gasteiger partial charge in [-0.05, 0) is 57.1 Å². The van der Waals surface area contributed by atoms with E-state index in [1.807, 2.05) is 17.2 Å². The molecule has 5 rings (SSSR count). The molecule has 172 valence electrons. The fraction of sp³-hybridized carbons (Fsp3) is 0.462. The van der Waals surface area contributed by atoms with E-state index in [0.717, 1.165) is 75.5 Å². The Balaban J connectivity index is 1.39. The highest BCUT2D eigenvalue weighted by Gasteiger charge is 2.32. The molecule has 0 saturated carbocycles. The number of carbonyl (C=O) groups is 1. The molecule has 0 unspecified atom stereocenters. The second kappa shape index (κ2) is 9.73. The Morgan fingerprint density at radius 1 is 1.06 bits per heavy atom. The molecule has 0 spiro atoms. The van der Waals surface area contributed by atoms with Gasteiger partial charge in [-0.15, -0.1) is 0 Å². The molecule has 2 aliphatic rings. The van der Waals surface area contributed by atoms with E-state index < -0.39 is 0 Å². The first-order chi connectivity index (χ1) is 16.2. The number of aromatic nitrogens is 4. The number of nitrogens with zero attached hydrogens (tertiary/aromatic N) is 6. The Hall–Kier alpha value is -3.22. The molecular weight excluding hydrogens is 412 g/mol. The van der Waals surface area contributed by atoms with Crippen LogP contribution < -0.4 is 4.90 Å². The van der Waals surface area contributed by atoms with Crippen molar-refractivity contribution < 1.29 is 4.79 Å². The standard InChI is InChI=1S/C26H32N6O/c1-20-22-11-7-15-30(18-13-21-9-3-2-4-10-21)26(22)29-25(28-20)23-12-5-6-17-32(23)24(33)19-31-16-8-14-27-31/h2-4,8-10,14,16,23H,5-7,11-13,15,17-19H2,1H3/t23-/m1/s1. The summed E-state index contributed by atoms with van der Waals surface area (Å²) in [7, 11) is 0. The predicted molar refractivity (Wildman–Crippen MR) is 128 cm³/mol. The fourth-order valence-corrected chi connectivity index (χ4v) is 5.11. The fourth-order valence-electron chi connectivity index (χ4n) is 5.11. The molecule has 2 aliphatic heterocycles. The van der Waals surface area contributed by atoms with Gasteiger partial charge in [0.05, 0.1) is 6.04 Å². The van der Waals surface area contributed by atoms with Crippen molar-refractivity contribution in [3.63, 3.8) is 0 Å². The molecule has 0 radical (unpaired) electrons. The van der Waals surface area contributed by atoms with Crippen LogP contribution in [0.25, 0.3) is 0 Å². The summed E-state index contributed by atoms with van der Waals surface area (Å²) >= 11 is 0. The zero-order valence-electron chi connectivity index (χ0n) is 19.4. The number of hydrogen-bond acceptors (Lipinski definition) is 5. The van der Waals surface area contributed by atoms with E-state index in [2.05, 4.69) is 47.3 Å². The first kappa shape index (κ1) is 21.6. The molecule has 1 aromatic carbocycles. The number of benzene rings is 1. The average molecular weight is 445 g/mol. The molecule has 33 heavy (non-hydrogen) atoms. The first-order valence-corrected chi connectivity index (χ1v) is 12.1. The molecule has 7 heteroatoms. The molecule has 0 aliphatic carbocycles. The van der Waals surface area contributed by atoms with E-state index in [1.165, 1.54) is 11.1 Å². The lowest BCUT2D eigenvalue weighted by molar-refractivity contribution is -0.136. The highest BCUT2D eigenvalue weighted by molar-refractivity contribution is 5.76. The number of carbonyl (C=O) groups excluding carboxylic acids is 1. The van der Waals surface area contributed by atoms with Gasteiger partial charge in [0.2, 0.25) is 5.91 Å². The number of amides is 1. The van der Waals surface area contributed by atoms with Crippen molar-refractivity contribution in [2.24, 2.45) is 0 Å². The summed E-state index contributed by atoms with van der Waals surface area (Å²) in [5.74, 6) is 1.96. The maximum Gasteiger partial charge on any atom is 0.244 e. The van der Waals surface area contributed by atoms with Crippen molar-refractivity contribution in [2.45, 2.75) is 58.0 Å². The van der Waals surface area contributed by atoms with Crippen LogP contribution >= 0.6 is 0 Å². The van der Waals surface area contributed by atoms with Crippen molar-refractivity contribution in [1.29, 1.82) is 0 Å². The normalized spacial score (nSPS) is 18.3. The summed E-state index contributed by atoms with van der Waals surface area (Å²) in [5, 5.41) is 4.21. The Labute approximate surface area is 195 Å². The smallest absolute Gasteiger partial charge is 0.244 e. The molecule has 0 bridgehead atoms. The number of hydrogen-bond donors (Lipinski definition) is 0. The van der Waals surface area contributed by atoms with Crippen molar-refractivity contribution >= 4 is 11.7 Å². The van der Waals surface area contributed by atoms with Gasteiger partial charge in [0, 0.05) is 43.3 Å². The van der Waals surface area contributed by atoms with Gasteiger partial charge < -0.3 is 9.80 Å². The molecule has 1 amide bonds. The summed E-state index contributed by atoms with van der Waals surface area (Å²) in [6.45, 7) is 5.07. The van der Waals surface area contributed by atoms with Crippen molar-refractivity contribution in [3.05, 3.63) is 71.4 Å². The van der Waals surface area contributed by atoms with Gasteiger partial charge in [0.1, 0.15) is 12.4 Å². The molecule has 7 nitrogen and oxygen atoms in total. The Bertz CT molecular complexity index is 1080. The number of rotatable bonds is 6. The SMILES string of the molecule is Cc1nc([C@H]2CCCCN2C(=O)Cn2cccn2)nc2c1CCCN2CCc1ccccc1. The third kappa shape index (κ3) is 4.77. The molecule has 2 aromatic heterocycles. The first-order valence-electron chi connectivity index (χ1n) is 12.1. The van der Waals surface area contributed by atoms with Crippen molar-refractivity contribution in [1.82, 2.24) is 24.6 Å². The van der Waals surface area contributed by atoms with Crippen LogP contribution in [-0.2, 0) is 24.2 Å². The third-order valence-corrected chi connectivity index (χ3v) is 6.85. The van der Waals surface area contributed by atoms with Gasteiger partial charge in [-0.1, -0.05) is 30.3 Å². The Kier molecular flexibility index (Phi) is 6.37. The highest BCUT2D eigenvalue weighted by Crippen LogP contribution is 2.33. The minimum atomic E-state index is -0.0660. The number of aryl methyl sites for hydroxylation is 1. The molecule has 1 saturated heterocycles. The van der Waals surface area contributed by atoms with Crippen LogP contribution in [0.15, 0.2) is 48.8 Å². The number of fused-ring (bicyclic) bond motifs is 1. The van der Waals surface area contributed by atoms with Gasteiger partial charge >= 0.3 is 0 Å². The van der Waals surface area contributed by atoms with Crippen LogP contribution in [0.4, 0.5) is 5.82 Å². The molecule has 0 N–H and O–H groups in total. The van der Waals surface area contributed by atoms with Gasteiger partial charge in [0.15, 0.2) is 5.82 Å². The lowest BCUT2D eigenvalue weighted by Crippen LogP contribution is -2.41. The van der Waals surface area contributed by atoms with E-state index in [1.54, 1.807) is 10.9 Å². The van der Waals surface area contributed by atoms with E-state index in [0.29, 0.717) is 0 Å². The van der Waals surface area contributed by atoms with E-state index >= 15 is 0 Å². The van der Waals surface area contributed by atoms with E-state index in [9.17, 15) is 4.79 Å². The zero-order valence-corrected chi connectivity index (χ0v) is 19.4. The maximum absolute atomic E-state index is 13.1. The van der Waals surface area contributed by atoms with Crippen LogP contribution in [0.1, 0.15) is 54.4 Å². The summed E-state index contributed by atoms with van der Waals surface area (Å²) < 4.78 is 1.69. The summed E-state index contributed by atoms with van der Waals surface area (Å²) in [5.41, 5.74) is 3.67. The summed E-state index contributed by atoms with van der Waals surface area (Å²) in [4.78, 5) is 27.6. The maximum atomic E-state index is 13.1. The van der Waals surface area contributed by atoms with Gasteiger partial charge in [-0.25, -0.2) is 9.97 Å². The highest BCUT2D eigenvalue weighted by atomic mass is 16.2. The van der Waals surface area contributed by atoms with Crippen LogP contribution in [-0.4, -0.2) is 50.2 Å². The third-order valence-electron chi connectivity index (χ3n) is 6.85. The minimum absolute atomic E-state index is 0.0660. The van der Waals surface area contributed by atoms with Crippen LogP contribution in [0, 0.1) is 6.92 Å². The average Bonchev–Trinajstić information content (AvgIpc) is 3.36. The monoisotopic (exact) mass is 444 g/mol. The van der Waals surface area contributed by atoms with E-state index in [-0.39, 0.29) is 18.5 Å². The van der Waals surface area contributed by atoms with Crippen molar-refractivity contribution in [3.8, 4) is 0 Å². The molecule has 3 aromatic rings. The number of anilines is 1. The molecule has 1 atom stereocenters. The molecular formula is C26H32N6O. The van der Waals surface area contributed by atoms with Crippen LogP contribution in [0.5, 0.6) is 0 Å². The Morgan fingerprint density at radius 2 is 1.94 bits per heavy atom. The largest absolute Gasteiger partial charge is 0.356 e. The van der Waals surface area contributed by atoms with E-state index in [4.69, 9.17) is 9.97 Å².